The zero-order valence-electron chi connectivity index (χ0n) is 12.9. The second-order valence-corrected chi connectivity index (χ2v) is 4.71. The van der Waals surface area contributed by atoms with Crippen LogP contribution >= 0.6 is 0 Å². The Morgan fingerprint density at radius 1 is 1.25 bits per heavy atom. The summed E-state index contributed by atoms with van der Waals surface area (Å²) in [5, 5.41) is 0. The van der Waals surface area contributed by atoms with E-state index in [2.05, 4.69) is 38.6 Å². The number of hydrogen-bond donors (Lipinski definition) is 0. The lowest BCUT2D eigenvalue weighted by molar-refractivity contribution is 0.266. The Labute approximate surface area is 123 Å². The van der Waals surface area contributed by atoms with Gasteiger partial charge in [0.2, 0.25) is 0 Å². The first-order valence-electron chi connectivity index (χ1n) is 7.39. The van der Waals surface area contributed by atoms with Crippen LogP contribution in [0.25, 0.3) is 5.76 Å². The highest BCUT2D eigenvalue weighted by Crippen LogP contribution is 2.28. The van der Waals surface area contributed by atoms with E-state index in [4.69, 9.17) is 9.47 Å². The average Bonchev–Trinajstić information content (AvgIpc) is 2.49. The van der Waals surface area contributed by atoms with Gasteiger partial charge in [-0.1, -0.05) is 45.4 Å². The molecule has 2 heteroatoms. The number of hydrogen-bond acceptors (Lipinski definition) is 2. The summed E-state index contributed by atoms with van der Waals surface area (Å²) >= 11 is 0. The molecule has 0 amide bonds. The zero-order valence-corrected chi connectivity index (χ0v) is 12.9. The lowest BCUT2D eigenvalue weighted by atomic mass is 10.1. The highest BCUT2D eigenvalue weighted by atomic mass is 16.5. The maximum Gasteiger partial charge on any atom is 0.130 e. The number of unbranched alkanes of at least 4 members (excludes halogenated alkanes) is 2. The summed E-state index contributed by atoms with van der Waals surface area (Å²) in [5.74, 6) is 1.68. The molecule has 0 heterocycles. The molecule has 0 saturated heterocycles. The molecule has 0 aliphatic heterocycles. The van der Waals surface area contributed by atoms with Gasteiger partial charge in [0, 0.05) is 0 Å². The molecule has 0 aliphatic carbocycles. The molecule has 0 atom stereocenters. The third-order valence-corrected chi connectivity index (χ3v) is 3.21. The van der Waals surface area contributed by atoms with Crippen LogP contribution in [0, 0.1) is 0 Å². The van der Waals surface area contributed by atoms with Crippen molar-refractivity contribution in [3.63, 3.8) is 0 Å². The lowest BCUT2D eigenvalue weighted by Gasteiger charge is -2.14. The second kappa shape index (κ2) is 9.24. The molecule has 1 rings (SSSR count). The number of methoxy groups -OCH3 is 1. The van der Waals surface area contributed by atoms with Crippen molar-refractivity contribution in [1.82, 2.24) is 0 Å². The first-order chi connectivity index (χ1) is 9.76. The fraction of sp³-hybridized carbons (Fsp3) is 0.444. The summed E-state index contributed by atoms with van der Waals surface area (Å²) in [6, 6.07) is 6.25. The molecule has 20 heavy (non-hydrogen) atoms. The summed E-state index contributed by atoms with van der Waals surface area (Å²) < 4.78 is 11.4. The van der Waals surface area contributed by atoms with Crippen molar-refractivity contribution >= 4 is 5.76 Å². The highest BCUT2D eigenvalue weighted by molar-refractivity contribution is 5.67. The summed E-state index contributed by atoms with van der Waals surface area (Å²) in [6.07, 6.45) is 8.10. The van der Waals surface area contributed by atoms with Gasteiger partial charge >= 0.3 is 0 Å². The topological polar surface area (TPSA) is 18.5 Å². The molecule has 0 aromatic heterocycles. The van der Waals surface area contributed by atoms with Crippen molar-refractivity contribution in [2.75, 3.05) is 13.7 Å². The van der Waals surface area contributed by atoms with E-state index < -0.39 is 0 Å². The normalized spacial score (nSPS) is 11.2. The molecule has 0 saturated carbocycles. The van der Waals surface area contributed by atoms with Crippen LogP contribution in [0.3, 0.4) is 0 Å². The van der Waals surface area contributed by atoms with E-state index in [0.717, 1.165) is 36.5 Å². The van der Waals surface area contributed by atoms with Crippen LogP contribution in [0.15, 0.2) is 36.9 Å². The SMILES string of the molecule is C=C/C=C(/OCCCCC)c1ccc(CC)cc1OC. The van der Waals surface area contributed by atoms with E-state index in [1.54, 1.807) is 13.2 Å². The predicted octanol–water partition coefficient (Wildman–Crippen LogP) is 4.99. The maximum absolute atomic E-state index is 5.90. The Morgan fingerprint density at radius 2 is 2.05 bits per heavy atom. The predicted molar refractivity (Wildman–Crippen MR) is 86.0 cm³/mol. The van der Waals surface area contributed by atoms with E-state index in [0.29, 0.717) is 0 Å². The number of allylic oxidation sites excluding steroid dienone is 2. The van der Waals surface area contributed by atoms with Gasteiger partial charge in [-0.25, -0.2) is 0 Å². The van der Waals surface area contributed by atoms with E-state index in [1.165, 1.54) is 18.4 Å². The Kier molecular flexibility index (Phi) is 7.56. The Hall–Kier alpha value is -1.70. The van der Waals surface area contributed by atoms with Crippen molar-refractivity contribution in [3.8, 4) is 5.75 Å². The van der Waals surface area contributed by atoms with Crippen molar-refractivity contribution in [2.24, 2.45) is 0 Å². The molecule has 0 bridgehead atoms. The van der Waals surface area contributed by atoms with Crippen LogP contribution in [0.1, 0.15) is 44.2 Å². The zero-order chi connectivity index (χ0) is 14.8. The standard InChI is InChI=1S/C18H26O2/c1-5-8-9-13-20-17(10-6-2)16-12-11-15(7-3)14-18(16)19-4/h6,10-12,14H,2,5,7-9,13H2,1,3-4H3/b17-10+. The smallest absolute Gasteiger partial charge is 0.130 e. The molecular formula is C18H26O2. The Morgan fingerprint density at radius 3 is 2.65 bits per heavy atom. The van der Waals surface area contributed by atoms with Crippen molar-refractivity contribution in [3.05, 3.63) is 48.1 Å². The van der Waals surface area contributed by atoms with Gasteiger partial charge in [-0.05, 0) is 36.6 Å². The largest absolute Gasteiger partial charge is 0.496 e. The first-order valence-corrected chi connectivity index (χ1v) is 7.39. The minimum absolute atomic E-state index is 0.728. The lowest BCUT2D eigenvalue weighted by Crippen LogP contribution is -1.99. The average molecular weight is 274 g/mol. The van der Waals surface area contributed by atoms with Gasteiger partial charge in [0.15, 0.2) is 0 Å². The molecule has 0 unspecified atom stereocenters. The minimum atomic E-state index is 0.728. The number of rotatable bonds is 9. The molecule has 0 radical (unpaired) electrons. The summed E-state index contributed by atoms with van der Waals surface area (Å²) in [4.78, 5) is 0. The minimum Gasteiger partial charge on any atom is -0.496 e. The van der Waals surface area contributed by atoms with Crippen molar-refractivity contribution < 1.29 is 9.47 Å². The fourth-order valence-electron chi connectivity index (χ4n) is 2.02. The highest BCUT2D eigenvalue weighted by Gasteiger charge is 2.10. The van der Waals surface area contributed by atoms with Crippen LogP contribution in [-0.4, -0.2) is 13.7 Å². The molecule has 2 nitrogen and oxygen atoms in total. The van der Waals surface area contributed by atoms with Crippen LogP contribution in [0.4, 0.5) is 0 Å². The number of ether oxygens (including phenoxy) is 2. The first kappa shape index (κ1) is 16.4. The quantitative estimate of drug-likeness (QED) is 0.359. The molecule has 0 N–H and O–H groups in total. The molecule has 0 aliphatic rings. The van der Waals surface area contributed by atoms with Crippen molar-refractivity contribution in [1.29, 1.82) is 0 Å². The molecular weight excluding hydrogens is 248 g/mol. The second-order valence-electron chi connectivity index (χ2n) is 4.71. The molecule has 110 valence electrons. The van der Waals surface area contributed by atoms with Gasteiger partial charge in [0.1, 0.15) is 11.5 Å². The van der Waals surface area contributed by atoms with Gasteiger partial charge in [0.25, 0.3) is 0 Å². The van der Waals surface area contributed by atoms with E-state index in [-0.39, 0.29) is 0 Å². The third kappa shape index (κ3) is 4.76. The van der Waals surface area contributed by atoms with Crippen LogP contribution in [0.5, 0.6) is 5.75 Å². The number of aryl methyl sites for hydroxylation is 1. The van der Waals surface area contributed by atoms with Crippen molar-refractivity contribution in [2.45, 2.75) is 39.5 Å². The molecule has 0 fully saturated rings. The van der Waals surface area contributed by atoms with Gasteiger partial charge in [-0.15, -0.1) is 0 Å². The number of benzene rings is 1. The van der Waals surface area contributed by atoms with E-state index in [1.807, 2.05) is 6.08 Å². The summed E-state index contributed by atoms with van der Waals surface area (Å²) in [5.41, 5.74) is 2.25. The summed E-state index contributed by atoms with van der Waals surface area (Å²) in [7, 11) is 1.70. The molecule has 1 aromatic carbocycles. The van der Waals surface area contributed by atoms with Gasteiger partial charge in [0.05, 0.1) is 19.3 Å². The van der Waals surface area contributed by atoms with Crippen LogP contribution in [0.2, 0.25) is 0 Å². The molecule has 0 spiro atoms. The monoisotopic (exact) mass is 274 g/mol. The fourth-order valence-corrected chi connectivity index (χ4v) is 2.02. The van der Waals surface area contributed by atoms with E-state index in [9.17, 15) is 0 Å². The van der Waals surface area contributed by atoms with E-state index >= 15 is 0 Å². The summed E-state index contributed by atoms with van der Waals surface area (Å²) in [6.45, 7) is 8.81. The Balaban J connectivity index is 2.91. The third-order valence-electron chi connectivity index (χ3n) is 3.21. The Bertz CT molecular complexity index is 447. The van der Waals surface area contributed by atoms with Gasteiger partial charge < -0.3 is 9.47 Å². The molecule has 1 aromatic rings. The van der Waals surface area contributed by atoms with Crippen LogP contribution in [-0.2, 0) is 11.2 Å². The maximum atomic E-state index is 5.90. The van der Waals surface area contributed by atoms with Gasteiger partial charge in [-0.2, -0.15) is 0 Å². The van der Waals surface area contributed by atoms with Gasteiger partial charge in [-0.3, -0.25) is 0 Å². The van der Waals surface area contributed by atoms with Crippen LogP contribution < -0.4 is 4.74 Å².